The van der Waals surface area contributed by atoms with Crippen LogP contribution in [0.1, 0.15) is 0 Å². The molecule has 0 unspecified atom stereocenters. The van der Waals surface area contributed by atoms with Gasteiger partial charge in [0.2, 0.25) is 11.6 Å². The van der Waals surface area contributed by atoms with Crippen LogP contribution >= 0.6 is 0 Å². The van der Waals surface area contributed by atoms with Crippen molar-refractivity contribution in [1.82, 2.24) is 23.2 Å². The first-order valence-electron chi connectivity index (χ1n) is 18.1. The Labute approximate surface area is 301 Å². The first kappa shape index (κ1) is 27.5. The normalized spacial score (nSPS) is 12.5. The van der Waals surface area contributed by atoms with Gasteiger partial charge < -0.3 is 0 Å². The van der Waals surface area contributed by atoms with Crippen molar-refractivity contribution >= 4 is 93.3 Å². The molecule has 0 bridgehead atoms. The van der Waals surface area contributed by atoms with E-state index >= 15 is 0 Å². The fraction of sp³-hybridized carbons (Fsp3) is 0. The highest BCUT2D eigenvalue weighted by Gasteiger charge is 2.26. The minimum atomic E-state index is 0.872. The standard InChI is InChI=1S/C48H27N5/c1-2-12-28(13-3-1)44-34-18-8-10-20-36(34)45(37-21-11-9-19-35(37)44)33-26-42-46-43(27-33)52-41-25-32-17-7-5-15-30(32)23-39(41)50-48(52)53(46)47-49-38-22-29-14-4-6-16-31(29)24-40(38)51(42)47/h1-27H. The zero-order valence-electron chi connectivity index (χ0n) is 28.3. The number of hydrogen-bond donors (Lipinski definition) is 0. The van der Waals surface area contributed by atoms with Gasteiger partial charge in [0.25, 0.3) is 0 Å². The van der Waals surface area contributed by atoms with Crippen LogP contribution in [0.4, 0.5) is 0 Å². The van der Waals surface area contributed by atoms with Crippen molar-refractivity contribution in [2.75, 3.05) is 0 Å². The molecule has 0 amide bonds. The van der Waals surface area contributed by atoms with Gasteiger partial charge in [-0.3, -0.25) is 8.80 Å². The molecule has 0 saturated carbocycles. The summed E-state index contributed by atoms with van der Waals surface area (Å²) in [4.78, 5) is 10.7. The number of rotatable bonds is 2. The minimum absolute atomic E-state index is 0.872. The van der Waals surface area contributed by atoms with Gasteiger partial charge in [-0.15, -0.1) is 0 Å². The van der Waals surface area contributed by atoms with Crippen molar-refractivity contribution in [3.05, 3.63) is 164 Å². The van der Waals surface area contributed by atoms with Crippen LogP contribution in [-0.2, 0) is 0 Å². The lowest BCUT2D eigenvalue weighted by molar-refractivity contribution is 1.15. The third kappa shape index (κ3) is 3.51. The van der Waals surface area contributed by atoms with E-state index in [-0.39, 0.29) is 0 Å². The van der Waals surface area contributed by atoms with Crippen LogP contribution in [0, 0.1) is 0 Å². The van der Waals surface area contributed by atoms with Crippen LogP contribution < -0.4 is 0 Å². The van der Waals surface area contributed by atoms with E-state index in [9.17, 15) is 0 Å². The first-order chi connectivity index (χ1) is 26.3. The largest absolute Gasteiger partial charge is 0.276 e. The van der Waals surface area contributed by atoms with Crippen molar-refractivity contribution in [3.8, 4) is 22.3 Å². The Hall–Kier alpha value is -7.24. The molecule has 4 heterocycles. The molecule has 5 heteroatoms. The zero-order chi connectivity index (χ0) is 34.4. The van der Waals surface area contributed by atoms with Crippen molar-refractivity contribution in [2.24, 2.45) is 0 Å². The lowest BCUT2D eigenvalue weighted by Crippen LogP contribution is -1.92. The van der Waals surface area contributed by atoms with Gasteiger partial charge in [0, 0.05) is 0 Å². The summed E-state index contributed by atoms with van der Waals surface area (Å²) in [6.07, 6.45) is 0. The third-order valence-corrected chi connectivity index (χ3v) is 11.5. The van der Waals surface area contributed by atoms with Crippen molar-refractivity contribution in [2.45, 2.75) is 0 Å². The first-order valence-corrected chi connectivity index (χ1v) is 18.1. The van der Waals surface area contributed by atoms with Crippen molar-refractivity contribution in [3.63, 3.8) is 0 Å². The lowest BCUT2D eigenvalue weighted by atomic mass is 9.86. The molecule has 0 fully saturated rings. The molecule has 0 aliphatic carbocycles. The van der Waals surface area contributed by atoms with Gasteiger partial charge in [0.05, 0.1) is 33.1 Å². The number of hydrogen-bond acceptors (Lipinski definition) is 2. The molecule has 13 aromatic rings. The monoisotopic (exact) mass is 673 g/mol. The summed E-state index contributed by atoms with van der Waals surface area (Å²) in [5.74, 6) is 1.74. The molecule has 0 aliphatic rings. The number of aromatic nitrogens is 5. The van der Waals surface area contributed by atoms with E-state index < -0.39 is 0 Å². The SMILES string of the molecule is c1ccc(-c2c3ccccc3c(-c3cc4c5c(c3)n3c6cc7ccccc7cc6nc3n5c3nc5cc6ccccc6cc5n43)c3ccccc23)cc1. The molecule has 9 aromatic carbocycles. The summed E-state index contributed by atoms with van der Waals surface area (Å²) in [5, 5.41) is 9.71. The predicted molar refractivity (Wildman–Crippen MR) is 219 cm³/mol. The smallest absolute Gasteiger partial charge is 0.223 e. The van der Waals surface area contributed by atoms with Crippen LogP contribution in [0.25, 0.3) is 116 Å². The van der Waals surface area contributed by atoms with Crippen LogP contribution in [0.2, 0.25) is 0 Å². The van der Waals surface area contributed by atoms with Crippen LogP contribution in [0.15, 0.2) is 164 Å². The van der Waals surface area contributed by atoms with E-state index in [1.165, 1.54) is 59.8 Å². The average Bonchev–Trinajstić information content (AvgIpc) is 3.93. The van der Waals surface area contributed by atoms with E-state index in [0.29, 0.717) is 0 Å². The van der Waals surface area contributed by atoms with Crippen LogP contribution in [0.5, 0.6) is 0 Å². The highest BCUT2D eigenvalue weighted by molar-refractivity contribution is 6.22. The molecule has 0 N–H and O–H groups in total. The molecule has 244 valence electrons. The lowest BCUT2D eigenvalue weighted by Gasteiger charge is -2.18. The predicted octanol–water partition coefficient (Wildman–Crippen LogP) is 12.1. The van der Waals surface area contributed by atoms with E-state index in [4.69, 9.17) is 9.97 Å². The Morgan fingerprint density at radius 2 is 0.717 bits per heavy atom. The molecule has 0 atom stereocenters. The van der Waals surface area contributed by atoms with Gasteiger partial charge in [-0.1, -0.05) is 127 Å². The van der Waals surface area contributed by atoms with Crippen LogP contribution in [-0.4, -0.2) is 23.2 Å². The minimum Gasteiger partial charge on any atom is -0.276 e. The maximum atomic E-state index is 5.35. The molecule has 4 aromatic heterocycles. The number of nitrogens with zero attached hydrogens (tertiary/aromatic N) is 5. The Bertz CT molecular complexity index is 3460. The Morgan fingerprint density at radius 1 is 0.321 bits per heavy atom. The molecule has 5 nitrogen and oxygen atoms in total. The number of benzene rings is 9. The van der Waals surface area contributed by atoms with Gasteiger partial charge in [-0.25, -0.2) is 14.4 Å². The molecule has 0 spiro atoms. The molecule has 53 heavy (non-hydrogen) atoms. The Balaban J connectivity index is 1.25. The van der Waals surface area contributed by atoms with Gasteiger partial charge >= 0.3 is 0 Å². The van der Waals surface area contributed by atoms with Crippen molar-refractivity contribution < 1.29 is 0 Å². The zero-order valence-corrected chi connectivity index (χ0v) is 28.3. The van der Waals surface area contributed by atoms with E-state index in [0.717, 1.165) is 55.7 Å². The molecular weight excluding hydrogens is 647 g/mol. The Kier molecular flexibility index (Phi) is 5.06. The van der Waals surface area contributed by atoms with Gasteiger partial charge in [0.1, 0.15) is 5.52 Å². The quantitative estimate of drug-likeness (QED) is 0.171. The maximum absolute atomic E-state index is 5.35. The van der Waals surface area contributed by atoms with Gasteiger partial charge in [0.15, 0.2) is 0 Å². The van der Waals surface area contributed by atoms with Crippen molar-refractivity contribution in [1.29, 1.82) is 0 Å². The van der Waals surface area contributed by atoms with E-state index in [2.05, 4.69) is 177 Å². The second-order valence-corrected chi connectivity index (χ2v) is 14.3. The summed E-state index contributed by atoms with van der Waals surface area (Å²) in [5.41, 5.74) is 12.4. The second-order valence-electron chi connectivity index (χ2n) is 14.3. The van der Waals surface area contributed by atoms with E-state index in [1.54, 1.807) is 0 Å². The van der Waals surface area contributed by atoms with Crippen LogP contribution in [0.3, 0.4) is 0 Å². The molecular formula is C48H27N5. The highest BCUT2D eigenvalue weighted by atomic mass is 15.3. The molecule has 13 rings (SSSR count). The molecule has 0 aliphatic heterocycles. The number of imidazole rings is 4. The summed E-state index contributed by atoms with van der Waals surface area (Å²) >= 11 is 0. The topological polar surface area (TPSA) is 39.0 Å². The van der Waals surface area contributed by atoms with Gasteiger partial charge in [-0.2, -0.15) is 0 Å². The summed E-state index contributed by atoms with van der Waals surface area (Å²) in [6, 6.07) is 59.5. The average molecular weight is 674 g/mol. The molecule has 0 saturated heterocycles. The second kappa shape index (κ2) is 9.75. The fourth-order valence-electron chi connectivity index (χ4n) is 9.24. The maximum Gasteiger partial charge on any atom is 0.223 e. The highest BCUT2D eigenvalue weighted by Crippen LogP contribution is 2.46. The number of fused-ring (bicyclic) bond motifs is 14. The van der Waals surface area contributed by atoms with E-state index in [1.807, 2.05) is 0 Å². The van der Waals surface area contributed by atoms with Gasteiger partial charge in [-0.05, 0) is 102 Å². The summed E-state index contributed by atoms with van der Waals surface area (Å²) in [6.45, 7) is 0. The molecule has 0 radical (unpaired) electrons. The summed E-state index contributed by atoms with van der Waals surface area (Å²) < 4.78 is 6.98. The Morgan fingerprint density at radius 3 is 1.19 bits per heavy atom. The third-order valence-electron chi connectivity index (χ3n) is 11.5. The fourth-order valence-corrected chi connectivity index (χ4v) is 9.24. The summed E-state index contributed by atoms with van der Waals surface area (Å²) in [7, 11) is 0.